The molecule has 3 N–H and O–H groups in total. The molecule has 0 saturated carbocycles. The minimum Gasteiger partial charge on any atom is -0.343 e. The Hall–Kier alpha value is -2.22. The van der Waals surface area contributed by atoms with E-state index in [2.05, 4.69) is 55.7 Å². The lowest BCUT2D eigenvalue weighted by atomic mass is 10.0. The zero-order chi connectivity index (χ0) is 20.4. The standard InChI is InChI=1S/C23H29ClN4/c1-15(2)5-6-18-7-12-21-22(13-18)27(20-10-8-19(24)9-11-20)14-16(3)23(26)28(21)17(4)25/h7-8,10,12-13,15-16,23,25H,9,11,14,26H2,1-4H3. The van der Waals surface area contributed by atoms with E-state index >= 15 is 0 Å². The molecular formula is C23H29ClN4. The summed E-state index contributed by atoms with van der Waals surface area (Å²) >= 11 is 6.19. The molecule has 0 bridgehead atoms. The van der Waals surface area contributed by atoms with Gasteiger partial charge in [0, 0.05) is 34.7 Å². The number of nitrogens with zero attached hydrogens (tertiary/aromatic N) is 2. The number of amidine groups is 1. The molecule has 1 aromatic rings. The quantitative estimate of drug-likeness (QED) is 0.397. The molecule has 2 atom stereocenters. The second-order valence-corrected chi connectivity index (χ2v) is 8.42. The van der Waals surface area contributed by atoms with Gasteiger partial charge >= 0.3 is 0 Å². The fourth-order valence-corrected chi connectivity index (χ4v) is 3.82. The highest BCUT2D eigenvalue weighted by molar-refractivity contribution is 6.29. The first-order chi connectivity index (χ1) is 13.3. The third-order valence-electron chi connectivity index (χ3n) is 5.17. The average molecular weight is 397 g/mol. The number of allylic oxidation sites excluding steroid dienone is 4. The number of nitrogens with one attached hydrogen (secondary N) is 1. The average Bonchev–Trinajstić information content (AvgIpc) is 2.75. The summed E-state index contributed by atoms with van der Waals surface area (Å²) in [5, 5.41) is 9.21. The summed E-state index contributed by atoms with van der Waals surface area (Å²) < 4.78 is 0. The van der Waals surface area contributed by atoms with Crippen molar-refractivity contribution in [2.24, 2.45) is 17.6 Å². The third-order valence-corrected chi connectivity index (χ3v) is 5.48. The van der Waals surface area contributed by atoms with Gasteiger partial charge < -0.3 is 15.5 Å². The van der Waals surface area contributed by atoms with Gasteiger partial charge in [-0.15, -0.1) is 0 Å². The highest BCUT2D eigenvalue weighted by atomic mass is 35.5. The lowest BCUT2D eigenvalue weighted by Crippen LogP contribution is -2.49. The van der Waals surface area contributed by atoms with E-state index in [1.807, 2.05) is 17.0 Å². The van der Waals surface area contributed by atoms with Crippen LogP contribution >= 0.6 is 11.6 Å². The van der Waals surface area contributed by atoms with Gasteiger partial charge in [0.05, 0.1) is 23.4 Å². The molecule has 3 rings (SSSR count). The fourth-order valence-electron chi connectivity index (χ4n) is 3.66. The highest BCUT2D eigenvalue weighted by Gasteiger charge is 2.33. The number of halogens is 1. The first-order valence-corrected chi connectivity index (χ1v) is 10.2. The number of rotatable bonds is 1. The molecule has 0 saturated heterocycles. The van der Waals surface area contributed by atoms with Gasteiger partial charge in [0.1, 0.15) is 0 Å². The molecule has 0 fully saturated rings. The van der Waals surface area contributed by atoms with Crippen LogP contribution in [0.15, 0.2) is 41.1 Å². The smallest absolute Gasteiger partial charge is 0.0984 e. The van der Waals surface area contributed by atoms with E-state index in [1.165, 1.54) is 5.70 Å². The van der Waals surface area contributed by atoms with Gasteiger partial charge in [0.2, 0.25) is 0 Å². The summed E-state index contributed by atoms with van der Waals surface area (Å²) in [6.45, 7) is 8.90. The second kappa shape index (κ2) is 8.43. The van der Waals surface area contributed by atoms with Gasteiger partial charge in [-0.25, -0.2) is 0 Å². The van der Waals surface area contributed by atoms with Crippen LogP contribution in [-0.2, 0) is 0 Å². The molecule has 0 aromatic heterocycles. The van der Waals surface area contributed by atoms with Crippen molar-refractivity contribution >= 4 is 28.8 Å². The molecule has 28 heavy (non-hydrogen) atoms. The van der Waals surface area contributed by atoms with Crippen molar-refractivity contribution in [1.29, 1.82) is 5.41 Å². The van der Waals surface area contributed by atoms with Gasteiger partial charge in [-0.2, -0.15) is 0 Å². The van der Waals surface area contributed by atoms with Crippen LogP contribution in [0.4, 0.5) is 11.4 Å². The molecule has 2 aliphatic rings. The van der Waals surface area contributed by atoms with E-state index < -0.39 is 0 Å². The number of hydrogen-bond acceptors (Lipinski definition) is 3. The van der Waals surface area contributed by atoms with Crippen LogP contribution in [0.3, 0.4) is 0 Å². The topological polar surface area (TPSA) is 56.4 Å². The molecule has 0 amide bonds. The van der Waals surface area contributed by atoms with Crippen LogP contribution < -0.4 is 15.5 Å². The van der Waals surface area contributed by atoms with Crippen molar-refractivity contribution in [3.05, 3.63) is 46.6 Å². The Labute approximate surface area is 173 Å². The number of benzene rings is 1. The molecule has 1 heterocycles. The Kier molecular flexibility index (Phi) is 6.17. The first kappa shape index (κ1) is 20.5. The number of fused-ring (bicyclic) bond motifs is 1. The summed E-state index contributed by atoms with van der Waals surface area (Å²) in [6, 6.07) is 6.21. The third kappa shape index (κ3) is 4.27. The lowest BCUT2D eigenvalue weighted by Gasteiger charge is -2.31. The molecule has 4 nitrogen and oxygen atoms in total. The molecule has 2 unspecified atom stereocenters. The van der Waals surface area contributed by atoms with Crippen LogP contribution in [0.5, 0.6) is 0 Å². The van der Waals surface area contributed by atoms with Gasteiger partial charge in [0.15, 0.2) is 0 Å². The van der Waals surface area contributed by atoms with Crippen LogP contribution in [0.25, 0.3) is 0 Å². The van der Waals surface area contributed by atoms with Crippen molar-refractivity contribution in [2.45, 2.75) is 46.7 Å². The van der Waals surface area contributed by atoms with Gasteiger partial charge in [-0.3, -0.25) is 5.41 Å². The molecule has 1 aliphatic carbocycles. The fraction of sp³-hybridized carbons (Fsp3) is 0.435. The van der Waals surface area contributed by atoms with Crippen molar-refractivity contribution < 1.29 is 0 Å². The van der Waals surface area contributed by atoms with E-state index in [4.69, 9.17) is 22.7 Å². The van der Waals surface area contributed by atoms with Crippen molar-refractivity contribution in [3.8, 4) is 11.8 Å². The van der Waals surface area contributed by atoms with Crippen LogP contribution in [0.2, 0.25) is 0 Å². The molecule has 5 heteroatoms. The number of anilines is 2. The Morgan fingerprint density at radius 1 is 1.25 bits per heavy atom. The van der Waals surface area contributed by atoms with Crippen LogP contribution in [0, 0.1) is 29.1 Å². The van der Waals surface area contributed by atoms with Crippen molar-refractivity contribution in [3.63, 3.8) is 0 Å². The monoisotopic (exact) mass is 396 g/mol. The zero-order valence-corrected chi connectivity index (χ0v) is 17.8. The van der Waals surface area contributed by atoms with E-state index in [0.717, 1.165) is 41.4 Å². The summed E-state index contributed by atoms with van der Waals surface area (Å²) in [6.07, 6.45) is 5.57. The minimum absolute atomic E-state index is 0.181. The normalized spacial score (nSPS) is 22.0. The predicted molar refractivity (Wildman–Crippen MR) is 120 cm³/mol. The Morgan fingerprint density at radius 2 is 2.00 bits per heavy atom. The second-order valence-electron chi connectivity index (χ2n) is 7.93. The van der Waals surface area contributed by atoms with Crippen molar-refractivity contribution in [1.82, 2.24) is 0 Å². The molecule has 1 aromatic carbocycles. The number of hydrogen-bond donors (Lipinski definition) is 2. The predicted octanol–water partition coefficient (Wildman–Crippen LogP) is 5.04. The maximum atomic E-state index is 8.32. The zero-order valence-electron chi connectivity index (χ0n) is 17.1. The van der Waals surface area contributed by atoms with Crippen LogP contribution in [-0.4, -0.2) is 18.5 Å². The molecule has 148 valence electrons. The maximum Gasteiger partial charge on any atom is 0.0984 e. The highest BCUT2D eigenvalue weighted by Crippen LogP contribution is 2.40. The minimum atomic E-state index is -0.253. The van der Waals surface area contributed by atoms with E-state index in [9.17, 15) is 0 Å². The maximum absolute atomic E-state index is 8.32. The molecular weight excluding hydrogens is 368 g/mol. The van der Waals surface area contributed by atoms with Gasteiger partial charge in [0.25, 0.3) is 0 Å². The Morgan fingerprint density at radius 3 is 2.61 bits per heavy atom. The van der Waals surface area contributed by atoms with E-state index in [1.54, 1.807) is 6.92 Å². The van der Waals surface area contributed by atoms with Crippen molar-refractivity contribution in [2.75, 3.05) is 16.3 Å². The Balaban J connectivity index is 2.16. The molecule has 0 spiro atoms. The van der Waals surface area contributed by atoms with Crippen LogP contribution in [0.1, 0.15) is 46.1 Å². The SMILES string of the molecule is CC(=N)N1c2ccc(C#CC(C)C)cc2N(C2=CC=C(Cl)CC2)CC(C)C1N. The van der Waals surface area contributed by atoms with Gasteiger partial charge in [-0.1, -0.05) is 44.2 Å². The summed E-state index contributed by atoms with van der Waals surface area (Å²) in [4.78, 5) is 4.27. The number of nitrogens with two attached hydrogens (primary N) is 1. The Bertz CT molecular complexity index is 888. The summed E-state index contributed by atoms with van der Waals surface area (Å²) in [7, 11) is 0. The summed E-state index contributed by atoms with van der Waals surface area (Å²) in [5.41, 5.74) is 10.8. The lowest BCUT2D eigenvalue weighted by molar-refractivity contribution is 0.474. The molecule has 0 radical (unpaired) electrons. The van der Waals surface area contributed by atoms with Gasteiger partial charge in [-0.05, 0) is 50.1 Å². The summed E-state index contributed by atoms with van der Waals surface area (Å²) in [5.74, 6) is 7.47. The van der Waals surface area contributed by atoms with E-state index in [0.29, 0.717) is 11.8 Å². The first-order valence-electron chi connectivity index (χ1n) is 9.86. The van der Waals surface area contributed by atoms with E-state index in [-0.39, 0.29) is 12.1 Å². The molecule has 1 aliphatic heterocycles. The largest absolute Gasteiger partial charge is 0.343 e.